The number of rotatable bonds is 5. The van der Waals surface area contributed by atoms with Gasteiger partial charge in [-0.25, -0.2) is 0 Å². The first-order valence-electron chi connectivity index (χ1n) is 4.96. The summed E-state index contributed by atoms with van der Waals surface area (Å²) in [5.74, 6) is 1.05. The van der Waals surface area contributed by atoms with Gasteiger partial charge in [0.2, 0.25) is 17.2 Å². The van der Waals surface area contributed by atoms with Crippen LogP contribution in [0.2, 0.25) is 5.28 Å². The molecule has 0 aromatic carbocycles. The van der Waals surface area contributed by atoms with Gasteiger partial charge in [0.25, 0.3) is 0 Å². The average molecular weight is 245 g/mol. The van der Waals surface area contributed by atoms with Crippen molar-refractivity contribution in [1.82, 2.24) is 19.9 Å². The van der Waals surface area contributed by atoms with Crippen molar-refractivity contribution in [3.63, 3.8) is 0 Å². The van der Waals surface area contributed by atoms with Crippen LogP contribution in [0, 0.1) is 0 Å². The third-order valence-electron chi connectivity index (χ3n) is 1.84. The Labute approximate surface area is 101 Å². The number of hydrogen-bond donors (Lipinski definition) is 1. The average Bonchev–Trinajstić information content (AvgIpc) is 2.16. The quantitative estimate of drug-likeness (QED) is 0.817. The van der Waals surface area contributed by atoms with Crippen LogP contribution in [0.4, 0.5) is 11.9 Å². The topological polar surface area (TPSA) is 57.2 Å². The molecule has 7 heteroatoms. The first kappa shape index (κ1) is 12.9. The summed E-state index contributed by atoms with van der Waals surface area (Å²) < 4.78 is 0. The number of nitrogens with zero attached hydrogens (tertiary/aromatic N) is 5. The van der Waals surface area contributed by atoms with E-state index in [0.29, 0.717) is 11.9 Å². The molecule has 0 radical (unpaired) electrons. The molecule has 0 fully saturated rings. The lowest BCUT2D eigenvalue weighted by atomic mass is 10.6. The standard InChI is InChI=1S/C9H17ClN6/c1-15(2)6-5-11-8-12-7(10)13-9(14-8)16(3)4/h5-6H2,1-4H3,(H,11,12,13,14). The lowest BCUT2D eigenvalue weighted by Gasteiger charge is -2.13. The third-order valence-corrected chi connectivity index (χ3v) is 2.01. The largest absolute Gasteiger partial charge is 0.353 e. The highest BCUT2D eigenvalue weighted by Gasteiger charge is 2.05. The van der Waals surface area contributed by atoms with Crippen LogP contribution < -0.4 is 10.2 Å². The predicted molar refractivity (Wildman–Crippen MR) is 66.2 cm³/mol. The molecule has 0 aliphatic carbocycles. The van der Waals surface area contributed by atoms with Crippen molar-refractivity contribution in [2.24, 2.45) is 0 Å². The van der Waals surface area contributed by atoms with Gasteiger partial charge < -0.3 is 15.1 Å². The summed E-state index contributed by atoms with van der Waals surface area (Å²) in [5, 5.41) is 3.30. The third kappa shape index (κ3) is 4.16. The number of nitrogens with one attached hydrogen (secondary N) is 1. The van der Waals surface area contributed by atoms with E-state index in [0.717, 1.165) is 13.1 Å². The van der Waals surface area contributed by atoms with Crippen LogP contribution in [-0.4, -0.2) is 61.1 Å². The number of likely N-dealkylation sites (N-methyl/N-ethyl adjacent to an activating group) is 1. The number of anilines is 2. The molecule has 90 valence electrons. The summed E-state index contributed by atoms with van der Waals surface area (Å²) in [6, 6.07) is 0. The van der Waals surface area contributed by atoms with Crippen LogP contribution >= 0.6 is 11.6 Å². The van der Waals surface area contributed by atoms with Crippen LogP contribution in [0.25, 0.3) is 0 Å². The van der Waals surface area contributed by atoms with Crippen LogP contribution in [0.5, 0.6) is 0 Å². The molecule has 0 saturated carbocycles. The zero-order chi connectivity index (χ0) is 12.1. The number of halogens is 1. The van der Waals surface area contributed by atoms with E-state index >= 15 is 0 Å². The highest BCUT2D eigenvalue weighted by Crippen LogP contribution is 2.10. The summed E-state index contributed by atoms with van der Waals surface area (Å²) in [4.78, 5) is 16.1. The zero-order valence-electron chi connectivity index (χ0n) is 10.0. The molecule has 1 heterocycles. The second-order valence-corrected chi connectivity index (χ2v) is 4.19. The zero-order valence-corrected chi connectivity index (χ0v) is 10.8. The molecule has 6 nitrogen and oxygen atoms in total. The first-order valence-corrected chi connectivity index (χ1v) is 5.34. The fourth-order valence-corrected chi connectivity index (χ4v) is 1.17. The van der Waals surface area contributed by atoms with Gasteiger partial charge in [0, 0.05) is 27.2 Å². The minimum absolute atomic E-state index is 0.200. The molecular weight excluding hydrogens is 228 g/mol. The smallest absolute Gasteiger partial charge is 0.230 e. The maximum absolute atomic E-state index is 5.80. The molecule has 0 bridgehead atoms. The first-order chi connectivity index (χ1) is 7.49. The van der Waals surface area contributed by atoms with Gasteiger partial charge in [-0.3, -0.25) is 0 Å². The van der Waals surface area contributed by atoms with Gasteiger partial charge >= 0.3 is 0 Å². The normalized spacial score (nSPS) is 10.6. The monoisotopic (exact) mass is 244 g/mol. The van der Waals surface area contributed by atoms with E-state index < -0.39 is 0 Å². The van der Waals surface area contributed by atoms with E-state index in [9.17, 15) is 0 Å². The highest BCUT2D eigenvalue weighted by atomic mass is 35.5. The van der Waals surface area contributed by atoms with Crippen LogP contribution in [0.1, 0.15) is 0 Å². The Morgan fingerprint density at radius 1 is 1.12 bits per heavy atom. The Morgan fingerprint density at radius 3 is 2.38 bits per heavy atom. The van der Waals surface area contributed by atoms with Crippen molar-refractivity contribution in [2.75, 3.05) is 51.5 Å². The van der Waals surface area contributed by atoms with Crippen molar-refractivity contribution >= 4 is 23.5 Å². The molecule has 0 unspecified atom stereocenters. The molecule has 0 amide bonds. The van der Waals surface area contributed by atoms with E-state index in [2.05, 4.69) is 25.2 Å². The van der Waals surface area contributed by atoms with Gasteiger partial charge in [-0.05, 0) is 25.7 Å². The second kappa shape index (κ2) is 5.81. The Morgan fingerprint density at radius 2 is 1.81 bits per heavy atom. The summed E-state index contributed by atoms with van der Waals surface area (Å²) in [6.45, 7) is 1.67. The van der Waals surface area contributed by atoms with Gasteiger partial charge in [-0.2, -0.15) is 15.0 Å². The number of aromatic nitrogens is 3. The molecule has 0 spiro atoms. The van der Waals surface area contributed by atoms with Crippen LogP contribution in [-0.2, 0) is 0 Å². The SMILES string of the molecule is CN(C)CCNc1nc(Cl)nc(N(C)C)n1. The van der Waals surface area contributed by atoms with Crippen LogP contribution in [0.15, 0.2) is 0 Å². The van der Waals surface area contributed by atoms with Gasteiger partial charge in [0.05, 0.1) is 0 Å². The fourth-order valence-electron chi connectivity index (χ4n) is 1.01. The summed E-state index contributed by atoms with van der Waals surface area (Å²) >= 11 is 5.80. The lowest BCUT2D eigenvalue weighted by molar-refractivity contribution is 0.425. The van der Waals surface area contributed by atoms with Crippen molar-refractivity contribution in [3.05, 3.63) is 5.28 Å². The summed E-state index contributed by atoms with van der Waals surface area (Å²) in [5.41, 5.74) is 0. The maximum Gasteiger partial charge on any atom is 0.230 e. The van der Waals surface area contributed by atoms with Crippen molar-refractivity contribution in [1.29, 1.82) is 0 Å². The molecule has 0 aliphatic heterocycles. The Kier molecular flexibility index (Phi) is 4.70. The Hall–Kier alpha value is -1.14. The molecule has 16 heavy (non-hydrogen) atoms. The van der Waals surface area contributed by atoms with E-state index in [4.69, 9.17) is 11.6 Å². The van der Waals surface area contributed by atoms with Gasteiger partial charge in [-0.1, -0.05) is 0 Å². The minimum atomic E-state index is 0.200. The molecule has 1 aromatic heterocycles. The highest BCUT2D eigenvalue weighted by molar-refractivity contribution is 6.28. The van der Waals surface area contributed by atoms with E-state index in [1.54, 1.807) is 4.90 Å². The second-order valence-electron chi connectivity index (χ2n) is 3.85. The minimum Gasteiger partial charge on any atom is -0.353 e. The Balaban J connectivity index is 2.65. The van der Waals surface area contributed by atoms with Crippen molar-refractivity contribution in [3.8, 4) is 0 Å². The Bertz CT molecular complexity index is 341. The maximum atomic E-state index is 5.80. The molecular formula is C9H17ClN6. The van der Waals surface area contributed by atoms with E-state index in [-0.39, 0.29) is 5.28 Å². The molecule has 1 N–H and O–H groups in total. The fraction of sp³-hybridized carbons (Fsp3) is 0.667. The van der Waals surface area contributed by atoms with E-state index in [1.807, 2.05) is 28.2 Å². The van der Waals surface area contributed by atoms with Crippen LogP contribution in [0.3, 0.4) is 0 Å². The number of hydrogen-bond acceptors (Lipinski definition) is 6. The molecule has 0 saturated heterocycles. The molecule has 0 atom stereocenters. The lowest BCUT2D eigenvalue weighted by Crippen LogP contribution is -2.22. The molecule has 1 aromatic rings. The van der Waals surface area contributed by atoms with Gasteiger partial charge in [0.15, 0.2) is 0 Å². The molecule has 0 aliphatic rings. The van der Waals surface area contributed by atoms with Gasteiger partial charge in [0.1, 0.15) is 0 Å². The van der Waals surface area contributed by atoms with Crippen molar-refractivity contribution < 1.29 is 0 Å². The van der Waals surface area contributed by atoms with Crippen molar-refractivity contribution in [2.45, 2.75) is 0 Å². The van der Waals surface area contributed by atoms with E-state index in [1.165, 1.54) is 0 Å². The molecule has 1 rings (SSSR count). The van der Waals surface area contributed by atoms with Gasteiger partial charge in [-0.15, -0.1) is 0 Å². The summed E-state index contributed by atoms with van der Waals surface area (Å²) in [7, 11) is 7.73. The summed E-state index contributed by atoms with van der Waals surface area (Å²) in [6.07, 6.45) is 0. The predicted octanol–water partition coefficient (Wildman–Crippen LogP) is 0.564.